The number of carbonyl (C=O) groups is 1. The van der Waals surface area contributed by atoms with E-state index in [9.17, 15) is 4.79 Å². The van der Waals surface area contributed by atoms with Gasteiger partial charge in [-0.3, -0.25) is 0 Å². The second-order valence-electron chi connectivity index (χ2n) is 3.24. The van der Waals surface area contributed by atoms with Gasteiger partial charge in [0.1, 0.15) is 0 Å². The van der Waals surface area contributed by atoms with Crippen LogP contribution in [-0.2, 0) is 0 Å². The van der Waals surface area contributed by atoms with Gasteiger partial charge in [-0.1, -0.05) is 37.0 Å². The highest BCUT2D eigenvalue weighted by Gasteiger charge is 2.16. The first-order chi connectivity index (χ1) is 6.91. The number of rotatable bonds is 3. The molecule has 2 nitrogen and oxygen atoms in total. The Bertz CT molecular complexity index is 391. The number of aromatic carboxylic acids is 1. The topological polar surface area (TPSA) is 37.3 Å². The predicted molar refractivity (Wildman–Crippen MR) is 64.4 cm³/mol. The molecule has 0 unspecified atom stereocenters. The van der Waals surface area contributed by atoms with Crippen LogP contribution in [0.25, 0.3) is 0 Å². The lowest BCUT2D eigenvalue weighted by atomic mass is 10.2. The van der Waals surface area contributed by atoms with Gasteiger partial charge in [-0.15, -0.1) is 11.8 Å². The van der Waals surface area contributed by atoms with E-state index in [0.717, 1.165) is 0 Å². The van der Waals surface area contributed by atoms with Crippen molar-refractivity contribution in [3.05, 3.63) is 27.7 Å². The van der Waals surface area contributed by atoms with E-state index in [0.29, 0.717) is 14.9 Å². The second-order valence-corrected chi connectivity index (χ2v) is 5.67. The number of benzene rings is 1. The third-order valence-electron chi connectivity index (χ3n) is 1.59. The first kappa shape index (κ1) is 12.7. The van der Waals surface area contributed by atoms with Gasteiger partial charge in [-0.25, -0.2) is 4.79 Å². The van der Waals surface area contributed by atoms with E-state index in [1.807, 2.05) is 13.8 Å². The lowest BCUT2D eigenvalue weighted by Gasteiger charge is -2.10. The quantitative estimate of drug-likeness (QED) is 0.832. The summed E-state index contributed by atoms with van der Waals surface area (Å²) < 4.78 is 0. The van der Waals surface area contributed by atoms with Crippen LogP contribution in [0.2, 0.25) is 10.0 Å². The molecule has 0 aromatic heterocycles. The molecule has 1 rings (SSSR count). The molecule has 0 bridgehead atoms. The fourth-order valence-corrected chi connectivity index (χ4v) is 2.62. The Morgan fingerprint density at radius 2 is 2.00 bits per heavy atom. The van der Waals surface area contributed by atoms with Crippen LogP contribution in [0.15, 0.2) is 17.0 Å². The lowest BCUT2D eigenvalue weighted by molar-refractivity contribution is 0.0693. The highest BCUT2D eigenvalue weighted by molar-refractivity contribution is 8.00. The molecule has 82 valence electrons. The zero-order chi connectivity index (χ0) is 11.6. The first-order valence-electron chi connectivity index (χ1n) is 4.30. The molecule has 0 heterocycles. The molecule has 1 aromatic rings. The van der Waals surface area contributed by atoms with Gasteiger partial charge >= 0.3 is 5.97 Å². The van der Waals surface area contributed by atoms with Crippen LogP contribution in [0.1, 0.15) is 24.2 Å². The summed E-state index contributed by atoms with van der Waals surface area (Å²) in [5, 5.41) is 9.99. The van der Waals surface area contributed by atoms with Gasteiger partial charge in [0, 0.05) is 15.2 Å². The van der Waals surface area contributed by atoms with Crippen LogP contribution in [0.5, 0.6) is 0 Å². The van der Waals surface area contributed by atoms with Gasteiger partial charge in [0.15, 0.2) is 0 Å². The molecule has 0 spiro atoms. The number of halogens is 2. The minimum atomic E-state index is -1.01. The molecule has 5 heteroatoms. The third kappa shape index (κ3) is 3.30. The van der Waals surface area contributed by atoms with E-state index in [4.69, 9.17) is 28.3 Å². The molecular formula is C10H10Cl2O2S. The molecule has 0 radical (unpaired) electrons. The average Bonchev–Trinajstić information content (AvgIpc) is 2.08. The number of carboxylic acids is 1. The summed E-state index contributed by atoms with van der Waals surface area (Å²) in [5.41, 5.74) is 0.159. The van der Waals surface area contributed by atoms with E-state index in [1.165, 1.54) is 17.8 Å². The van der Waals surface area contributed by atoms with E-state index >= 15 is 0 Å². The van der Waals surface area contributed by atoms with Gasteiger partial charge in [0.05, 0.1) is 10.6 Å². The zero-order valence-electron chi connectivity index (χ0n) is 8.25. The van der Waals surface area contributed by atoms with Crippen LogP contribution in [0.4, 0.5) is 0 Å². The monoisotopic (exact) mass is 264 g/mol. The van der Waals surface area contributed by atoms with Crippen molar-refractivity contribution in [1.29, 1.82) is 0 Å². The van der Waals surface area contributed by atoms with Crippen molar-refractivity contribution < 1.29 is 9.90 Å². The Hall–Kier alpha value is -0.380. The maximum absolute atomic E-state index is 11.0. The maximum Gasteiger partial charge on any atom is 0.336 e. The first-order valence-corrected chi connectivity index (χ1v) is 5.94. The fraction of sp³-hybridized carbons (Fsp3) is 0.300. The molecule has 0 saturated heterocycles. The molecule has 0 aliphatic rings. The molecule has 0 saturated carbocycles. The normalized spacial score (nSPS) is 10.7. The molecule has 0 atom stereocenters. The van der Waals surface area contributed by atoms with Crippen LogP contribution >= 0.6 is 35.0 Å². The van der Waals surface area contributed by atoms with E-state index in [-0.39, 0.29) is 10.8 Å². The van der Waals surface area contributed by atoms with Crippen molar-refractivity contribution in [2.45, 2.75) is 24.0 Å². The summed E-state index contributed by atoms with van der Waals surface area (Å²) in [4.78, 5) is 11.5. The molecule has 1 aromatic carbocycles. The fourth-order valence-electron chi connectivity index (χ4n) is 1.07. The minimum absolute atomic E-state index is 0.159. The minimum Gasteiger partial charge on any atom is -0.478 e. The van der Waals surface area contributed by atoms with Gasteiger partial charge in [0.25, 0.3) is 0 Å². The molecule has 0 fully saturated rings. The number of hydrogen-bond donors (Lipinski definition) is 1. The molecule has 1 N–H and O–H groups in total. The predicted octanol–water partition coefficient (Wildman–Crippen LogP) is 4.19. The van der Waals surface area contributed by atoms with Crippen molar-refractivity contribution in [2.75, 3.05) is 0 Å². The molecule has 0 aliphatic heterocycles. The van der Waals surface area contributed by atoms with E-state index in [2.05, 4.69) is 0 Å². The smallest absolute Gasteiger partial charge is 0.336 e. The van der Waals surface area contributed by atoms with Crippen LogP contribution in [0.3, 0.4) is 0 Å². The summed E-state index contributed by atoms with van der Waals surface area (Å²) in [7, 11) is 0. The summed E-state index contributed by atoms with van der Waals surface area (Å²) in [5.74, 6) is -1.01. The Labute approximate surface area is 103 Å². The van der Waals surface area contributed by atoms with Crippen molar-refractivity contribution in [3.8, 4) is 0 Å². The highest BCUT2D eigenvalue weighted by Crippen LogP contribution is 2.35. The van der Waals surface area contributed by atoms with Crippen LogP contribution in [0, 0.1) is 0 Å². The summed E-state index contributed by atoms with van der Waals surface area (Å²) in [6, 6.07) is 2.97. The molecule has 0 amide bonds. The summed E-state index contributed by atoms with van der Waals surface area (Å²) in [6.45, 7) is 3.95. The van der Waals surface area contributed by atoms with Crippen molar-refractivity contribution in [2.24, 2.45) is 0 Å². The van der Waals surface area contributed by atoms with Gasteiger partial charge < -0.3 is 5.11 Å². The molecular weight excluding hydrogens is 255 g/mol. The molecule has 0 aliphatic carbocycles. The van der Waals surface area contributed by atoms with Crippen molar-refractivity contribution in [1.82, 2.24) is 0 Å². The SMILES string of the molecule is CC(C)Sc1c(Cl)cc(Cl)cc1C(=O)O. The second kappa shape index (κ2) is 5.10. The van der Waals surface area contributed by atoms with Gasteiger partial charge in [-0.2, -0.15) is 0 Å². The van der Waals surface area contributed by atoms with Gasteiger partial charge in [-0.05, 0) is 12.1 Å². The summed E-state index contributed by atoms with van der Waals surface area (Å²) in [6.07, 6.45) is 0. The highest BCUT2D eigenvalue weighted by atomic mass is 35.5. The maximum atomic E-state index is 11.0. The van der Waals surface area contributed by atoms with Crippen LogP contribution < -0.4 is 0 Å². The average molecular weight is 265 g/mol. The zero-order valence-corrected chi connectivity index (χ0v) is 10.6. The Kier molecular flexibility index (Phi) is 4.32. The molecule has 15 heavy (non-hydrogen) atoms. The largest absolute Gasteiger partial charge is 0.478 e. The number of carboxylic acid groups (broad SMARTS) is 1. The van der Waals surface area contributed by atoms with Crippen molar-refractivity contribution in [3.63, 3.8) is 0 Å². The number of thioether (sulfide) groups is 1. The van der Waals surface area contributed by atoms with Gasteiger partial charge in [0.2, 0.25) is 0 Å². The number of hydrogen-bond acceptors (Lipinski definition) is 2. The Morgan fingerprint density at radius 1 is 1.40 bits per heavy atom. The Balaban J connectivity index is 3.27. The van der Waals surface area contributed by atoms with E-state index in [1.54, 1.807) is 6.07 Å². The lowest BCUT2D eigenvalue weighted by Crippen LogP contribution is -2.01. The van der Waals surface area contributed by atoms with Crippen LogP contribution in [-0.4, -0.2) is 16.3 Å². The van der Waals surface area contributed by atoms with Crippen molar-refractivity contribution >= 4 is 40.9 Å². The Morgan fingerprint density at radius 3 is 2.47 bits per heavy atom. The third-order valence-corrected chi connectivity index (χ3v) is 3.37. The van der Waals surface area contributed by atoms with E-state index < -0.39 is 5.97 Å². The standard InChI is InChI=1S/C10H10Cl2O2S/c1-5(2)15-9-7(10(13)14)3-6(11)4-8(9)12/h3-5H,1-2H3,(H,13,14). The summed E-state index contributed by atoms with van der Waals surface area (Å²) >= 11 is 13.1.